The van der Waals surface area contributed by atoms with Gasteiger partial charge in [-0.2, -0.15) is 5.10 Å². The number of nitrogen functional groups attached to an aromatic ring is 1. The summed E-state index contributed by atoms with van der Waals surface area (Å²) >= 11 is 0. The molecule has 8 nitrogen and oxygen atoms in total. The molecule has 4 rings (SSSR count). The molecule has 0 saturated carbocycles. The number of H-pyrrole nitrogens is 1. The summed E-state index contributed by atoms with van der Waals surface area (Å²) in [5.41, 5.74) is 12.0. The van der Waals surface area contributed by atoms with Gasteiger partial charge in [0.2, 0.25) is 5.91 Å². The average Bonchev–Trinajstić information content (AvgIpc) is 3.20. The maximum atomic E-state index is 12.3. The van der Waals surface area contributed by atoms with Crippen LogP contribution in [0.1, 0.15) is 11.1 Å². The van der Waals surface area contributed by atoms with Gasteiger partial charge in [-0.3, -0.25) is 9.89 Å². The molecule has 0 aliphatic rings. The second kappa shape index (κ2) is 9.50. The Labute approximate surface area is 197 Å². The number of hydrogen-bond donors (Lipinski definition) is 4. The molecular weight excluding hydrogens is 428 g/mol. The predicted octanol–water partition coefficient (Wildman–Crippen LogP) is 4.87. The molecule has 0 aliphatic carbocycles. The van der Waals surface area contributed by atoms with Crippen molar-refractivity contribution in [2.45, 2.75) is 6.92 Å². The molecular formula is C26H26N6O2. The first-order chi connectivity index (χ1) is 16.3. The first-order valence-electron chi connectivity index (χ1n) is 10.7. The van der Waals surface area contributed by atoms with Crippen LogP contribution in [-0.4, -0.2) is 41.1 Å². The highest BCUT2D eigenvalue weighted by Gasteiger charge is 2.13. The zero-order chi connectivity index (χ0) is 24.2. The van der Waals surface area contributed by atoms with Gasteiger partial charge in [0, 0.05) is 37.1 Å². The number of rotatable bonds is 5. The molecule has 0 fully saturated rings. The van der Waals surface area contributed by atoms with Gasteiger partial charge in [-0.05, 0) is 54.0 Å². The summed E-state index contributed by atoms with van der Waals surface area (Å²) in [5.74, 6) is 0.262. The summed E-state index contributed by atoms with van der Waals surface area (Å²) < 4.78 is 0. The van der Waals surface area contributed by atoms with E-state index in [-0.39, 0.29) is 11.9 Å². The number of aromatic amines is 1. The van der Waals surface area contributed by atoms with Crippen LogP contribution in [0.25, 0.3) is 28.1 Å². The van der Waals surface area contributed by atoms with Crippen LogP contribution >= 0.6 is 0 Å². The molecule has 3 aromatic carbocycles. The molecule has 5 N–H and O–H groups in total. The molecule has 0 saturated heterocycles. The second-order valence-electron chi connectivity index (χ2n) is 8.15. The number of fused-ring (bicyclic) bond motifs is 1. The van der Waals surface area contributed by atoms with Gasteiger partial charge in [0.25, 0.3) is 0 Å². The number of nitrogens with zero attached hydrogens (tertiary/aromatic N) is 2. The third-order valence-corrected chi connectivity index (χ3v) is 5.36. The van der Waals surface area contributed by atoms with E-state index in [0.717, 1.165) is 38.8 Å². The summed E-state index contributed by atoms with van der Waals surface area (Å²) in [4.78, 5) is 25.8. The number of nitrogens with one attached hydrogen (secondary N) is 3. The van der Waals surface area contributed by atoms with Crippen molar-refractivity contribution in [2.24, 2.45) is 0 Å². The quantitative estimate of drug-likeness (QED) is 0.322. The van der Waals surface area contributed by atoms with Crippen molar-refractivity contribution in [3.05, 3.63) is 77.9 Å². The molecule has 0 spiro atoms. The van der Waals surface area contributed by atoms with Gasteiger partial charge in [0.05, 0.1) is 10.9 Å². The Balaban J connectivity index is 1.55. The lowest BCUT2D eigenvalue weighted by atomic mass is 9.98. The third kappa shape index (κ3) is 4.91. The maximum absolute atomic E-state index is 12.3. The van der Waals surface area contributed by atoms with Gasteiger partial charge in [-0.25, -0.2) is 4.79 Å². The molecule has 4 aromatic rings. The van der Waals surface area contributed by atoms with Crippen LogP contribution in [0.5, 0.6) is 0 Å². The molecule has 0 unspecified atom stereocenters. The third-order valence-electron chi connectivity index (χ3n) is 5.36. The van der Waals surface area contributed by atoms with Crippen molar-refractivity contribution >= 4 is 46.1 Å². The smallest absolute Gasteiger partial charge is 0.323 e. The number of hydrogen-bond acceptors (Lipinski definition) is 4. The van der Waals surface area contributed by atoms with E-state index < -0.39 is 0 Å². The summed E-state index contributed by atoms with van der Waals surface area (Å²) in [6.45, 7) is 1.97. The predicted molar refractivity (Wildman–Crippen MR) is 137 cm³/mol. The van der Waals surface area contributed by atoms with E-state index in [0.29, 0.717) is 11.5 Å². The number of nitrogens with two attached hydrogens (primary N) is 1. The van der Waals surface area contributed by atoms with Crippen molar-refractivity contribution in [1.29, 1.82) is 0 Å². The van der Waals surface area contributed by atoms with Crippen LogP contribution in [0, 0.1) is 6.92 Å². The summed E-state index contributed by atoms with van der Waals surface area (Å²) in [6.07, 6.45) is 3.25. The molecule has 8 heteroatoms. The number of anilines is 3. The van der Waals surface area contributed by atoms with E-state index >= 15 is 0 Å². The van der Waals surface area contributed by atoms with Gasteiger partial charge >= 0.3 is 6.03 Å². The fourth-order valence-corrected chi connectivity index (χ4v) is 3.62. The molecule has 172 valence electrons. The van der Waals surface area contributed by atoms with Crippen molar-refractivity contribution < 1.29 is 9.59 Å². The van der Waals surface area contributed by atoms with Crippen LogP contribution in [0.4, 0.5) is 22.0 Å². The number of likely N-dealkylation sites (N-methyl/N-ethyl adjacent to an activating group) is 1. The number of amides is 3. The Morgan fingerprint density at radius 2 is 1.74 bits per heavy atom. The SMILES string of the molecule is Cc1cccc(NC(=O)Nc2ccc(-c3ccc(/C=C/C(=O)N(C)C)c4[nH]nc(N)c34)cc2)c1. The molecule has 3 amide bonds. The Bertz CT molecular complexity index is 1390. The summed E-state index contributed by atoms with van der Waals surface area (Å²) in [7, 11) is 3.40. The minimum Gasteiger partial charge on any atom is -0.382 e. The van der Waals surface area contributed by atoms with Crippen molar-refractivity contribution in [2.75, 3.05) is 30.5 Å². The average molecular weight is 455 g/mol. The highest BCUT2D eigenvalue weighted by molar-refractivity contribution is 6.06. The minimum atomic E-state index is -0.316. The standard InChI is InChI=1S/C26H26N6O2/c1-16-5-4-6-20(15-16)29-26(34)28-19-11-7-17(8-12-19)21-13-9-18(10-14-22(33)32(2)3)24-23(21)25(27)31-30-24/h4-15H,1-3H3,(H3,27,30,31)(H2,28,29,34)/b14-10+. The number of urea groups is 1. The van der Waals surface area contributed by atoms with E-state index in [1.165, 1.54) is 11.0 Å². The highest BCUT2D eigenvalue weighted by atomic mass is 16.2. The lowest BCUT2D eigenvalue weighted by molar-refractivity contribution is -0.123. The fourth-order valence-electron chi connectivity index (χ4n) is 3.62. The van der Waals surface area contributed by atoms with Crippen LogP contribution in [-0.2, 0) is 4.79 Å². The van der Waals surface area contributed by atoms with Gasteiger partial charge in [-0.15, -0.1) is 0 Å². The van der Waals surface area contributed by atoms with Gasteiger partial charge in [0.1, 0.15) is 0 Å². The van der Waals surface area contributed by atoms with E-state index in [4.69, 9.17) is 5.73 Å². The number of benzene rings is 3. The molecule has 0 radical (unpaired) electrons. The number of carbonyl (C=O) groups is 2. The normalized spacial score (nSPS) is 11.0. The zero-order valence-electron chi connectivity index (χ0n) is 19.2. The Hall–Kier alpha value is -4.59. The largest absolute Gasteiger partial charge is 0.382 e. The number of aromatic nitrogens is 2. The van der Waals surface area contributed by atoms with Crippen LogP contribution in [0.15, 0.2) is 66.7 Å². The Morgan fingerprint density at radius 3 is 2.44 bits per heavy atom. The maximum Gasteiger partial charge on any atom is 0.323 e. The molecule has 1 aromatic heterocycles. The minimum absolute atomic E-state index is 0.112. The molecule has 34 heavy (non-hydrogen) atoms. The van der Waals surface area contributed by atoms with Crippen molar-refractivity contribution in [3.63, 3.8) is 0 Å². The molecule has 0 atom stereocenters. The van der Waals surface area contributed by atoms with Gasteiger partial charge in [0.15, 0.2) is 5.82 Å². The summed E-state index contributed by atoms with van der Waals surface area (Å²) in [6, 6.07) is 18.6. The monoisotopic (exact) mass is 454 g/mol. The molecule has 0 aliphatic heterocycles. The molecule has 0 bridgehead atoms. The highest BCUT2D eigenvalue weighted by Crippen LogP contribution is 2.34. The van der Waals surface area contributed by atoms with E-state index in [9.17, 15) is 9.59 Å². The van der Waals surface area contributed by atoms with Gasteiger partial charge < -0.3 is 21.3 Å². The first-order valence-corrected chi connectivity index (χ1v) is 10.7. The second-order valence-corrected chi connectivity index (χ2v) is 8.15. The van der Waals surface area contributed by atoms with Crippen molar-refractivity contribution in [1.82, 2.24) is 15.1 Å². The van der Waals surface area contributed by atoms with Gasteiger partial charge in [-0.1, -0.05) is 36.4 Å². The Kier molecular flexibility index (Phi) is 6.31. The topological polar surface area (TPSA) is 116 Å². The van der Waals surface area contributed by atoms with E-state index in [2.05, 4.69) is 20.8 Å². The van der Waals surface area contributed by atoms with Crippen molar-refractivity contribution in [3.8, 4) is 11.1 Å². The van der Waals surface area contributed by atoms with Crippen LogP contribution in [0.2, 0.25) is 0 Å². The fraction of sp³-hybridized carbons (Fsp3) is 0.115. The van der Waals surface area contributed by atoms with E-state index in [1.807, 2.05) is 67.6 Å². The lowest BCUT2D eigenvalue weighted by Crippen LogP contribution is -2.19. The first kappa shape index (κ1) is 22.6. The number of aryl methyl sites for hydroxylation is 1. The molecule has 1 heterocycles. The lowest BCUT2D eigenvalue weighted by Gasteiger charge is -2.10. The zero-order valence-corrected chi connectivity index (χ0v) is 19.2. The number of carbonyl (C=O) groups excluding carboxylic acids is 2. The Morgan fingerprint density at radius 1 is 1.00 bits per heavy atom. The summed E-state index contributed by atoms with van der Waals surface area (Å²) in [5, 5.41) is 13.6. The van der Waals surface area contributed by atoms with E-state index in [1.54, 1.807) is 20.2 Å². The van der Waals surface area contributed by atoms with Crippen LogP contribution in [0.3, 0.4) is 0 Å². The van der Waals surface area contributed by atoms with Crippen LogP contribution < -0.4 is 16.4 Å².